The lowest BCUT2D eigenvalue weighted by molar-refractivity contribution is -0.119. The number of hydrogen-bond donors (Lipinski definition) is 2. The Morgan fingerprint density at radius 2 is 2.03 bits per heavy atom. The predicted octanol–water partition coefficient (Wildman–Crippen LogP) is 3.60. The molecule has 2 aromatic heterocycles. The Morgan fingerprint density at radius 3 is 2.74 bits per heavy atom. The number of carbonyl (C=O) groups excluding carboxylic acids is 1. The highest BCUT2D eigenvalue weighted by Crippen LogP contribution is 2.42. The number of aryl methyl sites for hydroxylation is 1. The van der Waals surface area contributed by atoms with Crippen molar-refractivity contribution < 1.29 is 14.3 Å². The molecule has 1 saturated heterocycles. The lowest BCUT2D eigenvalue weighted by Crippen LogP contribution is -2.30. The summed E-state index contributed by atoms with van der Waals surface area (Å²) in [5, 5.41) is 7.00. The van der Waals surface area contributed by atoms with E-state index in [9.17, 15) is 4.79 Å². The van der Waals surface area contributed by atoms with Gasteiger partial charge in [-0.1, -0.05) is 6.07 Å². The van der Waals surface area contributed by atoms with E-state index in [4.69, 9.17) is 21.7 Å². The zero-order valence-corrected chi connectivity index (χ0v) is 20.3. The summed E-state index contributed by atoms with van der Waals surface area (Å²) in [6.07, 6.45) is 3.86. The molecule has 1 amide bonds. The normalized spacial score (nSPS) is 17.6. The van der Waals surface area contributed by atoms with Crippen molar-refractivity contribution in [1.29, 1.82) is 0 Å². The van der Waals surface area contributed by atoms with Crippen molar-refractivity contribution in [1.82, 2.24) is 14.9 Å². The van der Waals surface area contributed by atoms with E-state index in [0.29, 0.717) is 11.7 Å². The maximum atomic E-state index is 12.0. The summed E-state index contributed by atoms with van der Waals surface area (Å²) in [5.41, 5.74) is 4.62. The molecule has 0 aliphatic carbocycles. The van der Waals surface area contributed by atoms with Crippen LogP contribution in [0.1, 0.15) is 29.0 Å². The highest BCUT2D eigenvalue weighted by atomic mass is 32.1. The quantitative estimate of drug-likeness (QED) is 0.454. The molecule has 178 valence electrons. The van der Waals surface area contributed by atoms with Gasteiger partial charge in [0.15, 0.2) is 5.11 Å². The van der Waals surface area contributed by atoms with Crippen molar-refractivity contribution in [2.45, 2.75) is 25.6 Å². The Hall–Kier alpha value is -3.27. The van der Waals surface area contributed by atoms with E-state index >= 15 is 0 Å². The van der Waals surface area contributed by atoms with E-state index in [1.54, 1.807) is 13.3 Å². The van der Waals surface area contributed by atoms with E-state index in [1.807, 2.05) is 49.4 Å². The monoisotopic (exact) mass is 479 g/mol. The molecule has 9 heteroatoms. The highest BCUT2D eigenvalue weighted by Gasteiger charge is 2.42. The fourth-order valence-electron chi connectivity index (χ4n) is 4.28. The summed E-state index contributed by atoms with van der Waals surface area (Å²) >= 11 is 5.83. The Balaban J connectivity index is 1.73. The Kier molecular flexibility index (Phi) is 7.56. The summed E-state index contributed by atoms with van der Waals surface area (Å²) in [6, 6.07) is 15.7. The van der Waals surface area contributed by atoms with Crippen LogP contribution in [0.3, 0.4) is 0 Å². The topological polar surface area (TPSA) is 80.7 Å². The Morgan fingerprint density at radius 1 is 1.18 bits per heavy atom. The molecule has 2 N–H and O–H groups in total. The number of anilines is 2. The van der Waals surface area contributed by atoms with Crippen molar-refractivity contribution in [2.24, 2.45) is 0 Å². The van der Waals surface area contributed by atoms with Gasteiger partial charge in [0.1, 0.15) is 12.6 Å². The maximum absolute atomic E-state index is 12.0. The van der Waals surface area contributed by atoms with Crippen molar-refractivity contribution >= 4 is 34.6 Å². The summed E-state index contributed by atoms with van der Waals surface area (Å²) in [4.78, 5) is 18.7. The van der Waals surface area contributed by atoms with Crippen LogP contribution in [0.15, 0.2) is 60.9 Å². The van der Waals surface area contributed by atoms with Gasteiger partial charge in [-0.15, -0.1) is 0 Å². The van der Waals surface area contributed by atoms with Gasteiger partial charge in [0.25, 0.3) is 0 Å². The molecule has 0 unspecified atom stereocenters. The number of rotatable bonds is 9. The first kappa shape index (κ1) is 23.9. The summed E-state index contributed by atoms with van der Waals surface area (Å²) in [7, 11) is 3.20. The van der Waals surface area contributed by atoms with Gasteiger partial charge in [-0.2, -0.15) is 0 Å². The molecule has 3 aromatic rings. The fourth-order valence-corrected chi connectivity index (χ4v) is 4.62. The second kappa shape index (κ2) is 10.8. The van der Waals surface area contributed by atoms with Crippen molar-refractivity contribution in [3.63, 3.8) is 0 Å². The third-order valence-electron chi connectivity index (χ3n) is 5.84. The number of benzene rings is 1. The Bertz CT molecular complexity index is 1150. The van der Waals surface area contributed by atoms with Crippen LogP contribution in [0.4, 0.5) is 11.4 Å². The van der Waals surface area contributed by atoms with Crippen molar-refractivity contribution in [3.05, 3.63) is 77.9 Å². The first-order valence-corrected chi connectivity index (χ1v) is 11.5. The fraction of sp³-hybridized carbons (Fsp3) is 0.320. The van der Waals surface area contributed by atoms with Gasteiger partial charge in [0, 0.05) is 50.2 Å². The standard InChI is InChI=1S/C25H29N5O3S/c1-17-15-18(9-10-19(17)27-22(31)16-33-3)30-24(21-8-6-12-29(21)13-14-32-2)23(28-25(30)34)20-7-4-5-11-26-20/h4-12,15,23-24H,13-14,16H2,1-3H3,(H,27,31)(H,28,34)/t23-,24-/m1/s1. The minimum Gasteiger partial charge on any atom is -0.383 e. The number of ether oxygens (including phenoxy) is 2. The summed E-state index contributed by atoms with van der Waals surface area (Å²) < 4.78 is 12.4. The second-order valence-electron chi connectivity index (χ2n) is 8.10. The van der Waals surface area contributed by atoms with Gasteiger partial charge in [-0.25, -0.2) is 0 Å². The minimum absolute atomic E-state index is 0.00756. The number of nitrogens with zero attached hydrogens (tertiary/aromatic N) is 3. The van der Waals surface area contributed by atoms with Crippen LogP contribution in [0.5, 0.6) is 0 Å². The smallest absolute Gasteiger partial charge is 0.250 e. The van der Waals surface area contributed by atoms with Crippen LogP contribution in [0.25, 0.3) is 0 Å². The van der Waals surface area contributed by atoms with Crippen LogP contribution >= 0.6 is 12.2 Å². The number of carbonyl (C=O) groups is 1. The van der Waals surface area contributed by atoms with E-state index in [2.05, 4.69) is 37.3 Å². The van der Waals surface area contributed by atoms with Crippen molar-refractivity contribution in [3.8, 4) is 0 Å². The van der Waals surface area contributed by atoms with E-state index in [-0.39, 0.29) is 24.6 Å². The summed E-state index contributed by atoms with van der Waals surface area (Å²) in [6.45, 7) is 3.31. The van der Waals surface area contributed by atoms with E-state index in [1.165, 1.54) is 7.11 Å². The zero-order chi connectivity index (χ0) is 24.1. The first-order valence-electron chi connectivity index (χ1n) is 11.1. The molecule has 0 radical (unpaired) electrons. The molecule has 3 heterocycles. The van der Waals surface area contributed by atoms with Crippen LogP contribution in [0.2, 0.25) is 0 Å². The van der Waals surface area contributed by atoms with Crippen LogP contribution in [-0.4, -0.2) is 48.0 Å². The third-order valence-corrected chi connectivity index (χ3v) is 6.15. The molecule has 4 rings (SSSR count). The summed E-state index contributed by atoms with van der Waals surface area (Å²) in [5.74, 6) is -0.194. The van der Waals surface area contributed by atoms with Gasteiger partial charge < -0.3 is 29.6 Å². The van der Waals surface area contributed by atoms with Crippen LogP contribution in [-0.2, 0) is 20.8 Å². The maximum Gasteiger partial charge on any atom is 0.250 e. The zero-order valence-electron chi connectivity index (χ0n) is 19.5. The number of nitrogens with one attached hydrogen (secondary N) is 2. The third kappa shape index (κ3) is 4.96. The van der Waals surface area contributed by atoms with Gasteiger partial charge >= 0.3 is 0 Å². The lowest BCUT2D eigenvalue weighted by Gasteiger charge is -2.29. The molecule has 2 atom stereocenters. The number of amides is 1. The number of thiocarbonyl (C=S) groups is 1. The Labute approximate surface area is 204 Å². The molecule has 1 aliphatic heterocycles. The molecule has 1 aliphatic rings. The molecule has 0 bridgehead atoms. The minimum atomic E-state index is -0.194. The molecule has 1 aromatic carbocycles. The van der Waals surface area contributed by atoms with Crippen molar-refractivity contribution in [2.75, 3.05) is 37.7 Å². The van der Waals surface area contributed by atoms with Gasteiger partial charge in [-0.05, 0) is 67.2 Å². The molecule has 0 saturated carbocycles. The van der Waals surface area contributed by atoms with Crippen LogP contribution < -0.4 is 15.5 Å². The SMILES string of the molecule is COCCn1cccc1[C@@H]1[C@@H](c2ccccn2)NC(=S)N1c1ccc(NC(=O)COC)c(C)c1. The van der Waals surface area contributed by atoms with E-state index in [0.717, 1.165) is 34.9 Å². The second-order valence-corrected chi connectivity index (χ2v) is 8.48. The number of hydrogen-bond acceptors (Lipinski definition) is 5. The average molecular weight is 480 g/mol. The van der Waals surface area contributed by atoms with Crippen LogP contribution in [0, 0.1) is 6.92 Å². The molecule has 34 heavy (non-hydrogen) atoms. The number of aromatic nitrogens is 2. The molecular formula is C25H29N5O3S. The van der Waals surface area contributed by atoms with E-state index < -0.39 is 0 Å². The lowest BCUT2D eigenvalue weighted by atomic mass is 10.0. The van der Waals surface area contributed by atoms with Gasteiger partial charge in [0.05, 0.1) is 18.3 Å². The first-order chi connectivity index (χ1) is 16.5. The molecule has 8 nitrogen and oxygen atoms in total. The highest BCUT2D eigenvalue weighted by molar-refractivity contribution is 7.80. The van der Waals surface area contributed by atoms with Gasteiger partial charge in [0.2, 0.25) is 5.91 Å². The number of methoxy groups -OCH3 is 2. The predicted molar refractivity (Wildman–Crippen MR) is 136 cm³/mol. The average Bonchev–Trinajstić information content (AvgIpc) is 3.43. The molecule has 1 fully saturated rings. The largest absolute Gasteiger partial charge is 0.383 e. The number of pyridine rings is 1. The molecule has 0 spiro atoms. The van der Waals surface area contributed by atoms with Gasteiger partial charge in [-0.3, -0.25) is 9.78 Å². The molecular weight excluding hydrogens is 450 g/mol.